The highest BCUT2D eigenvalue weighted by molar-refractivity contribution is 6.42. The van der Waals surface area contributed by atoms with Gasteiger partial charge in [-0.3, -0.25) is 4.90 Å². The highest BCUT2D eigenvalue weighted by atomic mass is 35.5. The number of halogens is 2. The van der Waals surface area contributed by atoms with E-state index in [1.54, 1.807) is 6.07 Å². The van der Waals surface area contributed by atoms with Crippen molar-refractivity contribution in [2.75, 3.05) is 39.4 Å². The van der Waals surface area contributed by atoms with E-state index in [0.717, 1.165) is 31.9 Å². The summed E-state index contributed by atoms with van der Waals surface area (Å²) in [7, 11) is 0. The van der Waals surface area contributed by atoms with Crippen molar-refractivity contribution in [1.29, 1.82) is 0 Å². The fourth-order valence-corrected chi connectivity index (χ4v) is 2.67. The molecule has 2 atom stereocenters. The molecular weight excluding hydrogens is 311 g/mol. The minimum Gasteiger partial charge on any atom is -0.390 e. The summed E-state index contributed by atoms with van der Waals surface area (Å²) >= 11 is 11.9. The quantitative estimate of drug-likeness (QED) is 0.839. The third-order valence-corrected chi connectivity index (χ3v) is 4.42. The van der Waals surface area contributed by atoms with Crippen LogP contribution in [0.4, 0.5) is 0 Å². The summed E-state index contributed by atoms with van der Waals surface area (Å²) in [6.07, 6.45) is -0.395. The lowest BCUT2D eigenvalue weighted by atomic mass is 10.1. The van der Waals surface area contributed by atoms with Gasteiger partial charge in [-0.1, -0.05) is 29.3 Å². The Morgan fingerprint density at radius 2 is 2.00 bits per heavy atom. The van der Waals surface area contributed by atoms with Crippen molar-refractivity contribution >= 4 is 23.2 Å². The third kappa shape index (κ3) is 5.40. The molecule has 0 spiro atoms. The van der Waals surface area contributed by atoms with Crippen LogP contribution in [0.3, 0.4) is 0 Å². The summed E-state index contributed by atoms with van der Waals surface area (Å²) in [5.74, 6) is 0. The van der Waals surface area contributed by atoms with Crippen molar-refractivity contribution < 1.29 is 9.84 Å². The molecule has 6 heteroatoms. The summed E-state index contributed by atoms with van der Waals surface area (Å²) in [5.41, 5.74) is 1.06. The molecule has 1 heterocycles. The molecule has 1 aliphatic rings. The summed E-state index contributed by atoms with van der Waals surface area (Å²) in [4.78, 5) is 2.22. The van der Waals surface area contributed by atoms with Crippen LogP contribution < -0.4 is 5.32 Å². The molecule has 1 saturated heterocycles. The van der Waals surface area contributed by atoms with E-state index in [4.69, 9.17) is 27.9 Å². The summed E-state index contributed by atoms with van der Waals surface area (Å²) in [6.45, 7) is 6.53. The first-order chi connectivity index (χ1) is 10.1. The lowest BCUT2D eigenvalue weighted by molar-refractivity contribution is 0.0145. The van der Waals surface area contributed by atoms with Crippen LogP contribution in [0.15, 0.2) is 18.2 Å². The van der Waals surface area contributed by atoms with Crippen molar-refractivity contribution in [2.45, 2.75) is 19.1 Å². The van der Waals surface area contributed by atoms with Crippen molar-refractivity contribution in [3.05, 3.63) is 33.8 Å². The number of morpholine rings is 1. The molecule has 1 aliphatic heterocycles. The minimum absolute atomic E-state index is 0.110. The van der Waals surface area contributed by atoms with Gasteiger partial charge in [0, 0.05) is 32.2 Å². The molecule has 2 rings (SSSR count). The van der Waals surface area contributed by atoms with Gasteiger partial charge < -0.3 is 15.2 Å². The van der Waals surface area contributed by atoms with Gasteiger partial charge in [-0.2, -0.15) is 0 Å². The fraction of sp³-hybridized carbons (Fsp3) is 0.600. The molecule has 1 fully saturated rings. The highest BCUT2D eigenvalue weighted by Gasteiger charge is 2.16. The van der Waals surface area contributed by atoms with E-state index in [-0.39, 0.29) is 6.04 Å². The average molecular weight is 333 g/mol. The smallest absolute Gasteiger partial charge is 0.0791 e. The molecule has 4 nitrogen and oxygen atoms in total. The van der Waals surface area contributed by atoms with Crippen LogP contribution in [0, 0.1) is 0 Å². The second-order valence-electron chi connectivity index (χ2n) is 5.37. The topological polar surface area (TPSA) is 44.7 Å². The van der Waals surface area contributed by atoms with E-state index in [1.165, 1.54) is 0 Å². The molecular formula is C15H22Cl2N2O2. The van der Waals surface area contributed by atoms with E-state index >= 15 is 0 Å². The standard InChI is InChI=1S/C15H22Cl2N2O2/c1-11(12-2-3-14(16)15(17)8-12)18-9-13(20)10-19-4-6-21-7-5-19/h2-3,8,11,13,18,20H,4-7,9-10H2,1H3. The molecule has 0 aliphatic carbocycles. The molecule has 2 unspecified atom stereocenters. The largest absolute Gasteiger partial charge is 0.390 e. The Kier molecular flexibility index (Phi) is 6.74. The van der Waals surface area contributed by atoms with E-state index in [2.05, 4.69) is 10.2 Å². The van der Waals surface area contributed by atoms with Crippen LogP contribution in [-0.4, -0.2) is 55.5 Å². The summed E-state index contributed by atoms with van der Waals surface area (Å²) < 4.78 is 5.30. The van der Waals surface area contributed by atoms with Gasteiger partial charge in [-0.15, -0.1) is 0 Å². The predicted molar refractivity (Wildman–Crippen MR) is 86.1 cm³/mol. The average Bonchev–Trinajstić information content (AvgIpc) is 2.48. The number of ether oxygens (including phenoxy) is 1. The summed E-state index contributed by atoms with van der Waals surface area (Å²) in [6, 6.07) is 5.71. The number of aliphatic hydroxyl groups excluding tert-OH is 1. The molecule has 0 bridgehead atoms. The van der Waals surface area contributed by atoms with Crippen LogP contribution in [0.2, 0.25) is 10.0 Å². The summed E-state index contributed by atoms with van der Waals surface area (Å²) in [5, 5.41) is 14.5. The van der Waals surface area contributed by atoms with Crippen molar-refractivity contribution in [3.63, 3.8) is 0 Å². The lowest BCUT2D eigenvalue weighted by Crippen LogP contribution is -2.44. The van der Waals surface area contributed by atoms with E-state index in [1.807, 2.05) is 19.1 Å². The first-order valence-electron chi connectivity index (χ1n) is 7.22. The zero-order valence-electron chi connectivity index (χ0n) is 12.2. The van der Waals surface area contributed by atoms with Gasteiger partial charge in [0.1, 0.15) is 0 Å². The number of aliphatic hydroxyl groups is 1. The maximum absolute atomic E-state index is 10.1. The van der Waals surface area contributed by atoms with Crippen LogP contribution in [0.25, 0.3) is 0 Å². The van der Waals surface area contributed by atoms with Gasteiger partial charge in [-0.25, -0.2) is 0 Å². The minimum atomic E-state index is -0.395. The van der Waals surface area contributed by atoms with Gasteiger partial charge in [0.25, 0.3) is 0 Å². The Morgan fingerprint density at radius 1 is 1.29 bits per heavy atom. The van der Waals surface area contributed by atoms with Crippen LogP contribution in [0.5, 0.6) is 0 Å². The first kappa shape index (κ1) is 17.0. The number of nitrogens with zero attached hydrogens (tertiary/aromatic N) is 1. The molecule has 1 aromatic rings. The molecule has 0 radical (unpaired) electrons. The van der Waals surface area contributed by atoms with Gasteiger partial charge >= 0.3 is 0 Å². The lowest BCUT2D eigenvalue weighted by Gasteiger charge is -2.29. The van der Waals surface area contributed by atoms with Gasteiger partial charge in [-0.05, 0) is 24.6 Å². The van der Waals surface area contributed by atoms with E-state index in [0.29, 0.717) is 23.1 Å². The number of rotatable bonds is 6. The second kappa shape index (κ2) is 8.32. The number of hydrogen-bond donors (Lipinski definition) is 2. The first-order valence-corrected chi connectivity index (χ1v) is 7.98. The van der Waals surface area contributed by atoms with Gasteiger partial charge in [0.2, 0.25) is 0 Å². The molecule has 0 saturated carbocycles. The molecule has 0 amide bonds. The van der Waals surface area contributed by atoms with E-state index < -0.39 is 6.10 Å². The molecule has 2 N–H and O–H groups in total. The number of β-amino-alcohol motifs (C(OH)–C–C–N with tert-alkyl or cyclic N) is 1. The molecule has 118 valence electrons. The fourth-order valence-electron chi connectivity index (χ4n) is 2.36. The maximum atomic E-state index is 10.1. The number of hydrogen-bond acceptors (Lipinski definition) is 4. The zero-order chi connectivity index (χ0) is 15.2. The highest BCUT2D eigenvalue weighted by Crippen LogP contribution is 2.25. The Bertz CT molecular complexity index is 453. The number of benzene rings is 1. The van der Waals surface area contributed by atoms with Crippen molar-refractivity contribution in [1.82, 2.24) is 10.2 Å². The Hall–Kier alpha value is -0.360. The monoisotopic (exact) mass is 332 g/mol. The van der Waals surface area contributed by atoms with Gasteiger partial charge in [0.05, 0.1) is 29.4 Å². The maximum Gasteiger partial charge on any atom is 0.0791 e. The molecule has 0 aromatic heterocycles. The molecule has 21 heavy (non-hydrogen) atoms. The molecule has 1 aromatic carbocycles. The van der Waals surface area contributed by atoms with Crippen molar-refractivity contribution in [3.8, 4) is 0 Å². The zero-order valence-corrected chi connectivity index (χ0v) is 13.7. The Labute approximate surface area is 136 Å². The number of nitrogens with one attached hydrogen (secondary N) is 1. The van der Waals surface area contributed by atoms with Gasteiger partial charge in [0.15, 0.2) is 0 Å². The van der Waals surface area contributed by atoms with Crippen molar-refractivity contribution in [2.24, 2.45) is 0 Å². The van der Waals surface area contributed by atoms with Crippen LogP contribution in [0.1, 0.15) is 18.5 Å². The Balaban J connectivity index is 1.77. The predicted octanol–water partition coefficient (Wildman–Crippen LogP) is 2.34. The second-order valence-corrected chi connectivity index (χ2v) is 6.18. The third-order valence-electron chi connectivity index (χ3n) is 3.68. The SMILES string of the molecule is CC(NCC(O)CN1CCOCC1)c1ccc(Cl)c(Cl)c1. The van der Waals surface area contributed by atoms with E-state index in [9.17, 15) is 5.11 Å². The van der Waals surface area contributed by atoms with Crippen LogP contribution in [-0.2, 0) is 4.74 Å². The Morgan fingerprint density at radius 3 is 2.67 bits per heavy atom. The normalized spacial score (nSPS) is 19.4. The van der Waals surface area contributed by atoms with Crippen LogP contribution >= 0.6 is 23.2 Å².